The fourth-order valence-electron chi connectivity index (χ4n) is 5.33. The van der Waals surface area contributed by atoms with Crippen LogP contribution in [0.3, 0.4) is 0 Å². The lowest BCUT2D eigenvalue weighted by atomic mass is 10.1. The molecule has 1 N–H and O–H groups in total. The van der Waals surface area contributed by atoms with Crippen LogP contribution in [-0.4, -0.2) is 109 Å². The van der Waals surface area contributed by atoms with Crippen molar-refractivity contribution in [1.29, 1.82) is 0 Å². The van der Waals surface area contributed by atoms with Gasteiger partial charge in [-0.15, -0.1) is 20.4 Å². The Labute approximate surface area is 273 Å². The number of aromatic nitrogens is 4. The van der Waals surface area contributed by atoms with Gasteiger partial charge in [0.2, 0.25) is 5.88 Å². The molecule has 2 fully saturated rings. The van der Waals surface area contributed by atoms with E-state index in [-0.39, 0.29) is 0 Å². The van der Waals surface area contributed by atoms with Gasteiger partial charge in [-0.05, 0) is 44.9 Å². The van der Waals surface area contributed by atoms with Crippen LogP contribution in [0.5, 0.6) is 5.88 Å². The van der Waals surface area contributed by atoms with Crippen molar-refractivity contribution in [3.63, 3.8) is 0 Å². The van der Waals surface area contributed by atoms with E-state index in [1.807, 2.05) is 31.2 Å². The van der Waals surface area contributed by atoms with Crippen LogP contribution < -0.4 is 10.1 Å². The second-order valence-corrected chi connectivity index (χ2v) is 11.7. The van der Waals surface area contributed by atoms with E-state index in [4.69, 9.17) is 14.2 Å². The van der Waals surface area contributed by atoms with Crippen LogP contribution in [0.1, 0.15) is 23.1 Å². The number of anilines is 1. The molecule has 6 rings (SSSR count). The lowest BCUT2D eigenvalue weighted by Crippen LogP contribution is -2.39. The van der Waals surface area contributed by atoms with Gasteiger partial charge in [0.1, 0.15) is 0 Å². The number of hydrogen-bond donors (Lipinski definition) is 1. The summed E-state index contributed by atoms with van der Waals surface area (Å²) in [6.07, 6.45) is 0.987. The van der Waals surface area contributed by atoms with Gasteiger partial charge in [0.15, 0.2) is 5.82 Å². The van der Waals surface area contributed by atoms with E-state index in [0.717, 1.165) is 118 Å². The molecular formula is C36H47N7O3. The Hall–Kier alpha value is -3.96. The Bertz CT molecular complexity index is 1480. The highest BCUT2D eigenvalue weighted by Gasteiger charge is 2.12. The van der Waals surface area contributed by atoms with Crippen molar-refractivity contribution in [2.45, 2.75) is 27.2 Å². The molecule has 46 heavy (non-hydrogen) atoms. The van der Waals surface area contributed by atoms with Crippen LogP contribution in [0.4, 0.5) is 5.82 Å². The third-order valence-electron chi connectivity index (χ3n) is 8.13. The largest absolute Gasteiger partial charge is 0.476 e. The maximum absolute atomic E-state index is 5.81. The van der Waals surface area contributed by atoms with E-state index in [2.05, 4.69) is 91.8 Å². The fraction of sp³-hybridized carbons (Fsp3) is 0.444. The smallest absolute Gasteiger partial charge is 0.236 e. The molecule has 0 amide bonds. The van der Waals surface area contributed by atoms with Crippen LogP contribution in [0, 0.1) is 20.8 Å². The summed E-state index contributed by atoms with van der Waals surface area (Å²) in [6.45, 7) is 17.2. The molecule has 4 heterocycles. The number of morpholine rings is 2. The summed E-state index contributed by atoms with van der Waals surface area (Å²) in [7, 11) is 0. The van der Waals surface area contributed by atoms with Gasteiger partial charge >= 0.3 is 0 Å². The molecule has 0 aliphatic carbocycles. The SMILES string of the molecule is Cc1cc(-c2ccccc2)nnc1NCCN1CCOCC1.Cc1ccc(-c2cc(C)c(OCCCN3CCOCC3)nn2)cc1. The third-order valence-corrected chi connectivity index (χ3v) is 8.13. The number of nitrogens with zero attached hydrogens (tertiary/aromatic N) is 6. The monoisotopic (exact) mass is 625 g/mol. The molecule has 2 aromatic heterocycles. The standard InChI is InChI=1S/C19H25N3O2.C17H22N4O/c1-15-4-6-17(7-5-15)18-14-16(2)19(21-20-18)24-11-3-8-22-9-12-23-13-10-22;1-14-13-16(15-5-3-2-4-6-15)19-20-17(14)18-7-8-21-9-11-22-12-10-21/h4-7,14H,3,8-13H2,1-2H3;2-6,13H,7-12H2,1H3,(H,18,20). The van der Waals surface area contributed by atoms with E-state index in [1.165, 1.54) is 5.56 Å². The van der Waals surface area contributed by atoms with Crippen LogP contribution in [-0.2, 0) is 9.47 Å². The predicted octanol–water partition coefficient (Wildman–Crippen LogP) is 5.06. The van der Waals surface area contributed by atoms with Gasteiger partial charge in [-0.3, -0.25) is 9.80 Å². The summed E-state index contributed by atoms with van der Waals surface area (Å²) in [5, 5.41) is 20.6. The van der Waals surface area contributed by atoms with Gasteiger partial charge in [0, 0.05) is 62.5 Å². The number of ether oxygens (including phenoxy) is 3. The van der Waals surface area contributed by atoms with E-state index in [9.17, 15) is 0 Å². The van der Waals surface area contributed by atoms with Crippen LogP contribution in [0.15, 0.2) is 66.7 Å². The summed E-state index contributed by atoms with van der Waals surface area (Å²) < 4.78 is 16.5. The topological polar surface area (TPSA) is 97.8 Å². The van der Waals surface area contributed by atoms with Crippen LogP contribution in [0.25, 0.3) is 22.5 Å². The molecule has 0 atom stereocenters. The van der Waals surface area contributed by atoms with Gasteiger partial charge in [0.25, 0.3) is 0 Å². The van der Waals surface area contributed by atoms with Crippen molar-refractivity contribution in [2.24, 2.45) is 0 Å². The quantitative estimate of drug-likeness (QED) is 0.228. The van der Waals surface area contributed by atoms with Gasteiger partial charge in [-0.2, -0.15) is 0 Å². The fourth-order valence-corrected chi connectivity index (χ4v) is 5.33. The lowest BCUT2D eigenvalue weighted by molar-refractivity contribution is 0.0357. The average molecular weight is 626 g/mol. The first-order valence-corrected chi connectivity index (χ1v) is 16.3. The van der Waals surface area contributed by atoms with Crippen molar-refractivity contribution in [2.75, 3.05) is 84.2 Å². The van der Waals surface area contributed by atoms with Crippen LogP contribution in [0.2, 0.25) is 0 Å². The number of hydrogen-bond acceptors (Lipinski definition) is 10. The number of aryl methyl sites for hydroxylation is 3. The van der Waals surface area contributed by atoms with Crippen molar-refractivity contribution < 1.29 is 14.2 Å². The van der Waals surface area contributed by atoms with E-state index >= 15 is 0 Å². The highest BCUT2D eigenvalue weighted by molar-refractivity contribution is 5.61. The Morgan fingerprint density at radius 2 is 1.26 bits per heavy atom. The maximum Gasteiger partial charge on any atom is 0.236 e. The highest BCUT2D eigenvalue weighted by atomic mass is 16.5. The van der Waals surface area contributed by atoms with Crippen LogP contribution >= 0.6 is 0 Å². The van der Waals surface area contributed by atoms with Crippen molar-refractivity contribution >= 4 is 5.82 Å². The Morgan fingerprint density at radius 3 is 1.89 bits per heavy atom. The van der Waals surface area contributed by atoms with Gasteiger partial charge in [-0.1, -0.05) is 60.2 Å². The zero-order valence-corrected chi connectivity index (χ0v) is 27.5. The molecule has 244 valence electrons. The normalized spacial score (nSPS) is 15.5. The number of nitrogens with one attached hydrogen (secondary N) is 1. The molecule has 0 unspecified atom stereocenters. The second kappa shape index (κ2) is 17.7. The minimum absolute atomic E-state index is 0.632. The summed E-state index contributed by atoms with van der Waals surface area (Å²) in [4.78, 5) is 4.81. The van der Waals surface area contributed by atoms with Crippen molar-refractivity contribution in [3.8, 4) is 28.4 Å². The van der Waals surface area contributed by atoms with E-state index < -0.39 is 0 Å². The first-order chi connectivity index (χ1) is 22.5. The Morgan fingerprint density at radius 1 is 0.674 bits per heavy atom. The molecule has 0 saturated carbocycles. The molecule has 4 aromatic rings. The first-order valence-electron chi connectivity index (χ1n) is 16.3. The number of benzene rings is 2. The summed E-state index contributed by atoms with van der Waals surface area (Å²) in [6, 6.07) is 22.6. The average Bonchev–Trinajstić information content (AvgIpc) is 3.10. The van der Waals surface area contributed by atoms with E-state index in [0.29, 0.717) is 12.5 Å². The molecule has 0 spiro atoms. The summed E-state index contributed by atoms with van der Waals surface area (Å²) in [5.74, 6) is 1.50. The summed E-state index contributed by atoms with van der Waals surface area (Å²) in [5.41, 5.74) is 7.35. The zero-order chi connectivity index (χ0) is 32.0. The molecular weight excluding hydrogens is 578 g/mol. The highest BCUT2D eigenvalue weighted by Crippen LogP contribution is 2.22. The maximum atomic E-state index is 5.81. The molecule has 2 aliphatic rings. The molecule has 2 aliphatic heterocycles. The minimum Gasteiger partial charge on any atom is -0.476 e. The molecule has 10 nitrogen and oxygen atoms in total. The molecule has 10 heteroatoms. The van der Waals surface area contributed by atoms with Crippen molar-refractivity contribution in [3.05, 3.63) is 83.4 Å². The molecule has 2 saturated heterocycles. The molecule has 0 radical (unpaired) electrons. The van der Waals surface area contributed by atoms with Gasteiger partial charge in [0.05, 0.1) is 44.4 Å². The zero-order valence-electron chi connectivity index (χ0n) is 27.5. The molecule has 2 aromatic carbocycles. The lowest BCUT2D eigenvalue weighted by Gasteiger charge is -2.26. The van der Waals surface area contributed by atoms with Gasteiger partial charge < -0.3 is 19.5 Å². The number of rotatable bonds is 11. The Balaban J connectivity index is 0.000000182. The van der Waals surface area contributed by atoms with Gasteiger partial charge in [-0.25, -0.2) is 0 Å². The minimum atomic E-state index is 0.632. The first kappa shape index (κ1) is 33.4. The predicted molar refractivity (Wildman–Crippen MR) is 182 cm³/mol. The molecule has 0 bridgehead atoms. The van der Waals surface area contributed by atoms with E-state index in [1.54, 1.807) is 0 Å². The van der Waals surface area contributed by atoms with Crippen molar-refractivity contribution in [1.82, 2.24) is 30.2 Å². The second-order valence-electron chi connectivity index (χ2n) is 11.7. The Kier molecular flexibility index (Phi) is 12.8. The summed E-state index contributed by atoms with van der Waals surface area (Å²) >= 11 is 0. The third kappa shape index (κ3) is 10.3.